The fraction of sp³-hybridized carbons (Fsp3) is 0.421. The van der Waals surface area contributed by atoms with Crippen LogP contribution in [-0.2, 0) is 0 Å². The van der Waals surface area contributed by atoms with Crippen LogP contribution < -0.4 is 15.4 Å². The molecule has 3 aromatic heterocycles. The molecule has 0 aliphatic carbocycles. The second kappa shape index (κ2) is 8.64. The predicted molar refractivity (Wildman–Crippen MR) is 102 cm³/mol. The summed E-state index contributed by atoms with van der Waals surface area (Å²) in [4.78, 5) is 13.1. The molecule has 0 saturated carbocycles. The van der Waals surface area contributed by atoms with Gasteiger partial charge in [0.25, 0.3) is 6.43 Å². The maximum atomic E-state index is 13.8. The van der Waals surface area contributed by atoms with E-state index in [-0.39, 0.29) is 6.04 Å². The van der Waals surface area contributed by atoms with Crippen LogP contribution >= 0.6 is 0 Å². The number of nitrogens with one attached hydrogen (secondary N) is 2. The molecular formula is C19H21F3N6O. The number of alkyl halides is 3. The van der Waals surface area contributed by atoms with Crippen molar-refractivity contribution in [1.82, 2.24) is 24.7 Å². The van der Waals surface area contributed by atoms with E-state index in [9.17, 15) is 13.2 Å². The highest BCUT2D eigenvalue weighted by Gasteiger charge is 2.20. The molecule has 10 heteroatoms. The molecule has 2 N–H and O–H groups in total. The number of aromatic nitrogens is 4. The third kappa shape index (κ3) is 4.76. The van der Waals surface area contributed by atoms with E-state index >= 15 is 0 Å². The van der Waals surface area contributed by atoms with Gasteiger partial charge in [0.2, 0.25) is 5.95 Å². The predicted octanol–water partition coefficient (Wildman–Crippen LogP) is 2.94. The first-order chi connectivity index (χ1) is 14.1. The molecule has 0 aromatic carbocycles. The van der Waals surface area contributed by atoms with Crippen LogP contribution in [0.3, 0.4) is 0 Å². The number of hydrogen-bond donors (Lipinski definition) is 2. The number of hydrogen-bond acceptors (Lipinski definition) is 6. The van der Waals surface area contributed by atoms with Crippen LogP contribution in [-0.4, -0.2) is 57.7 Å². The zero-order valence-corrected chi connectivity index (χ0v) is 15.6. The number of fused-ring (bicyclic) bond motifs is 1. The van der Waals surface area contributed by atoms with Crippen LogP contribution in [0.4, 0.5) is 19.1 Å². The van der Waals surface area contributed by atoms with E-state index in [2.05, 4.69) is 25.6 Å². The molecule has 1 unspecified atom stereocenters. The average Bonchev–Trinajstić information content (AvgIpc) is 3.02. The Morgan fingerprint density at radius 1 is 1.31 bits per heavy atom. The molecule has 2 atom stereocenters. The van der Waals surface area contributed by atoms with Gasteiger partial charge in [0.15, 0.2) is 0 Å². The van der Waals surface area contributed by atoms with E-state index in [0.29, 0.717) is 36.0 Å². The van der Waals surface area contributed by atoms with Gasteiger partial charge >= 0.3 is 0 Å². The Balaban J connectivity index is 1.54. The summed E-state index contributed by atoms with van der Waals surface area (Å²) in [5.74, 6) is 0.746. The monoisotopic (exact) mass is 406 g/mol. The number of ether oxygens (including phenoxy) is 1. The lowest BCUT2D eigenvalue weighted by molar-refractivity contribution is 0.0819. The molecule has 0 spiro atoms. The quantitative estimate of drug-likeness (QED) is 0.656. The molecule has 0 amide bonds. The van der Waals surface area contributed by atoms with E-state index in [4.69, 9.17) is 4.74 Å². The van der Waals surface area contributed by atoms with Crippen LogP contribution in [0.1, 0.15) is 12.8 Å². The largest absolute Gasteiger partial charge is 0.487 e. The molecule has 1 fully saturated rings. The molecule has 154 valence electrons. The molecule has 0 bridgehead atoms. The highest BCUT2D eigenvalue weighted by atomic mass is 19.3. The maximum Gasteiger partial charge on any atom is 0.272 e. The van der Waals surface area contributed by atoms with Gasteiger partial charge in [0, 0.05) is 37.5 Å². The first-order valence-electron chi connectivity index (χ1n) is 9.41. The van der Waals surface area contributed by atoms with Crippen molar-refractivity contribution in [2.24, 2.45) is 0 Å². The van der Waals surface area contributed by atoms with Gasteiger partial charge in [-0.2, -0.15) is 0 Å². The highest BCUT2D eigenvalue weighted by Crippen LogP contribution is 2.23. The molecule has 4 heterocycles. The second-order valence-corrected chi connectivity index (χ2v) is 6.87. The van der Waals surface area contributed by atoms with E-state index in [1.54, 1.807) is 41.2 Å². The van der Waals surface area contributed by atoms with Crippen LogP contribution in [0, 0.1) is 0 Å². The van der Waals surface area contributed by atoms with Gasteiger partial charge < -0.3 is 15.4 Å². The summed E-state index contributed by atoms with van der Waals surface area (Å²) in [5.41, 5.74) is 1.91. The summed E-state index contributed by atoms with van der Waals surface area (Å²) in [5, 5.41) is 6.28. The SMILES string of the molecule is FC(F)COc1ccn2c(-c3ccnc(NC4CCNC[C@H](F)C4)n3)cnc2c1. The third-order valence-electron chi connectivity index (χ3n) is 4.69. The fourth-order valence-corrected chi connectivity index (χ4v) is 3.33. The van der Waals surface area contributed by atoms with Crippen molar-refractivity contribution in [2.75, 3.05) is 25.0 Å². The van der Waals surface area contributed by atoms with E-state index in [0.717, 1.165) is 18.7 Å². The summed E-state index contributed by atoms with van der Waals surface area (Å²) < 4.78 is 45.3. The Kier molecular flexibility index (Phi) is 5.79. The van der Waals surface area contributed by atoms with Crippen molar-refractivity contribution in [3.8, 4) is 17.1 Å². The van der Waals surface area contributed by atoms with Crippen LogP contribution in [0.5, 0.6) is 5.75 Å². The van der Waals surface area contributed by atoms with Crippen LogP contribution in [0.15, 0.2) is 36.8 Å². The van der Waals surface area contributed by atoms with E-state index < -0.39 is 19.2 Å². The Bertz CT molecular complexity index is 966. The Hall–Kier alpha value is -2.88. The molecule has 29 heavy (non-hydrogen) atoms. The van der Waals surface area contributed by atoms with Gasteiger partial charge in [-0.15, -0.1) is 0 Å². The lowest BCUT2D eigenvalue weighted by atomic mass is 10.1. The number of imidazole rings is 1. The standard InChI is InChI=1S/C19H21F3N6O/c20-12-7-13(1-4-23-9-12)26-19-24-5-2-15(27-19)16-10-25-18-8-14(3-6-28(16)18)29-11-17(21)22/h2-3,5-6,8,10,12-13,17,23H,1,4,7,9,11H2,(H,24,26,27)/t12-,13?/m1/s1. The summed E-state index contributed by atoms with van der Waals surface area (Å²) in [6.45, 7) is 0.437. The number of anilines is 1. The van der Waals surface area contributed by atoms with Crippen molar-refractivity contribution >= 4 is 11.6 Å². The Morgan fingerprint density at radius 3 is 3.07 bits per heavy atom. The van der Waals surface area contributed by atoms with Crippen LogP contribution in [0.2, 0.25) is 0 Å². The number of halogens is 3. The summed E-state index contributed by atoms with van der Waals surface area (Å²) in [6, 6.07) is 4.89. The van der Waals surface area contributed by atoms with Gasteiger partial charge in [0.05, 0.1) is 17.6 Å². The van der Waals surface area contributed by atoms with Gasteiger partial charge in [-0.1, -0.05) is 0 Å². The van der Waals surface area contributed by atoms with Crippen molar-refractivity contribution in [3.63, 3.8) is 0 Å². The Labute approximate surface area is 165 Å². The van der Waals surface area contributed by atoms with Crippen molar-refractivity contribution in [1.29, 1.82) is 0 Å². The van der Waals surface area contributed by atoms with E-state index in [1.165, 1.54) is 0 Å². The minimum absolute atomic E-state index is 0.0491. The molecular weight excluding hydrogens is 385 g/mol. The number of rotatable bonds is 6. The molecule has 1 saturated heterocycles. The topological polar surface area (TPSA) is 76.4 Å². The average molecular weight is 406 g/mol. The van der Waals surface area contributed by atoms with Crippen molar-refractivity contribution in [3.05, 3.63) is 36.8 Å². The summed E-state index contributed by atoms with van der Waals surface area (Å²) in [7, 11) is 0. The van der Waals surface area contributed by atoms with Gasteiger partial charge in [-0.3, -0.25) is 4.40 Å². The highest BCUT2D eigenvalue weighted by molar-refractivity contribution is 5.61. The Morgan fingerprint density at radius 2 is 2.21 bits per heavy atom. The van der Waals surface area contributed by atoms with Crippen LogP contribution in [0.25, 0.3) is 17.0 Å². The van der Waals surface area contributed by atoms with Crippen molar-refractivity contribution in [2.45, 2.75) is 31.5 Å². The fourth-order valence-electron chi connectivity index (χ4n) is 3.33. The summed E-state index contributed by atoms with van der Waals surface area (Å²) >= 11 is 0. The molecule has 1 aliphatic rings. The number of pyridine rings is 1. The molecule has 3 aromatic rings. The first-order valence-corrected chi connectivity index (χ1v) is 9.41. The zero-order chi connectivity index (χ0) is 20.2. The van der Waals surface area contributed by atoms with Gasteiger partial charge in [-0.05, 0) is 25.1 Å². The third-order valence-corrected chi connectivity index (χ3v) is 4.69. The second-order valence-electron chi connectivity index (χ2n) is 6.87. The zero-order valence-electron chi connectivity index (χ0n) is 15.6. The van der Waals surface area contributed by atoms with E-state index in [1.807, 2.05) is 0 Å². The molecule has 7 nitrogen and oxygen atoms in total. The van der Waals surface area contributed by atoms with Crippen molar-refractivity contribution < 1.29 is 17.9 Å². The maximum absolute atomic E-state index is 13.8. The molecule has 1 aliphatic heterocycles. The molecule has 0 radical (unpaired) electrons. The normalized spacial score (nSPS) is 20.0. The smallest absolute Gasteiger partial charge is 0.272 e. The number of nitrogens with zero attached hydrogens (tertiary/aromatic N) is 4. The lowest BCUT2D eigenvalue weighted by Gasteiger charge is -2.17. The lowest BCUT2D eigenvalue weighted by Crippen LogP contribution is -2.24. The first kappa shape index (κ1) is 19.4. The minimum Gasteiger partial charge on any atom is -0.487 e. The molecule has 4 rings (SSSR count). The van der Waals surface area contributed by atoms with Gasteiger partial charge in [-0.25, -0.2) is 28.1 Å². The minimum atomic E-state index is -2.54. The van der Waals surface area contributed by atoms with Gasteiger partial charge in [0.1, 0.15) is 24.2 Å². The summed E-state index contributed by atoms with van der Waals surface area (Å²) in [6.07, 6.45) is 2.71.